The SMILES string of the molecule is CN1CCCC1(C)COc1cccc2c1CNC2. The molecule has 1 fully saturated rings. The minimum atomic E-state index is 0.203. The summed E-state index contributed by atoms with van der Waals surface area (Å²) in [5.74, 6) is 1.07. The lowest BCUT2D eigenvalue weighted by Crippen LogP contribution is -2.43. The van der Waals surface area contributed by atoms with Crippen LogP contribution in [0.15, 0.2) is 18.2 Å². The molecule has 3 heteroatoms. The van der Waals surface area contributed by atoms with Crippen LogP contribution in [0.1, 0.15) is 30.9 Å². The number of rotatable bonds is 3. The molecular formula is C15H22N2O. The summed E-state index contributed by atoms with van der Waals surface area (Å²) in [5, 5.41) is 3.38. The van der Waals surface area contributed by atoms with Crippen molar-refractivity contribution in [3.05, 3.63) is 29.3 Å². The first-order valence-electron chi connectivity index (χ1n) is 6.85. The molecule has 0 bridgehead atoms. The molecule has 0 radical (unpaired) electrons. The summed E-state index contributed by atoms with van der Waals surface area (Å²) in [6.07, 6.45) is 2.52. The van der Waals surface area contributed by atoms with Crippen molar-refractivity contribution in [1.29, 1.82) is 0 Å². The molecule has 0 saturated carbocycles. The van der Waals surface area contributed by atoms with Crippen LogP contribution in [0.4, 0.5) is 0 Å². The molecule has 1 N–H and O–H groups in total. The van der Waals surface area contributed by atoms with Crippen molar-refractivity contribution in [2.24, 2.45) is 0 Å². The summed E-state index contributed by atoms with van der Waals surface area (Å²) in [5.41, 5.74) is 2.94. The zero-order valence-corrected chi connectivity index (χ0v) is 11.3. The van der Waals surface area contributed by atoms with Crippen molar-refractivity contribution in [3.8, 4) is 5.75 Å². The highest BCUT2D eigenvalue weighted by Crippen LogP contribution is 2.31. The third-order valence-corrected chi connectivity index (χ3v) is 4.52. The topological polar surface area (TPSA) is 24.5 Å². The van der Waals surface area contributed by atoms with Gasteiger partial charge in [-0.2, -0.15) is 0 Å². The first-order valence-corrected chi connectivity index (χ1v) is 6.85. The van der Waals surface area contributed by atoms with Gasteiger partial charge in [0.2, 0.25) is 0 Å². The Bertz CT molecular complexity index is 446. The van der Waals surface area contributed by atoms with E-state index in [-0.39, 0.29) is 5.54 Å². The number of hydrogen-bond donors (Lipinski definition) is 1. The molecule has 1 unspecified atom stereocenters. The number of nitrogens with one attached hydrogen (secondary N) is 1. The molecular weight excluding hydrogens is 224 g/mol. The van der Waals surface area contributed by atoms with Crippen molar-refractivity contribution in [2.75, 3.05) is 20.2 Å². The van der Waals surface area contributed by atoms with Gasteiger partial charge >= 0.3 is 0 Å². The minimum absolute atomic E-state index is 0.203. The van der Waals surface area contributed by atoms with E-state index in [0.29, 0.717) is 0 Å². The van der Waals surface area contributed by atoms with Gasteiger partial charge < -0.3 is 10.1 Å². The summed E-state index contributed by atoms with van der Waals surface area (Å²) < 4.78 is 6.12. The van der Waals surface area contributed by atoms with Gasteiger partial charge in [-0.15, -0.1) is 0 Å². The number of benzene rings is 1. The predicted octanol–water partition coefficient (Wildman–Crippen LogP) is 2.15. The van der Waals surface area contributed by atoms with Gasteiger partial charge in [0, 0.05) is 18.7 Å². The van der Waals surface area contributed by atoms with E-state index in [0.717, 1.165) is 25.4 Å². The van der Waals surface area contributed by atoms with Crippen LogP contribution in [-0.4, -0.2) is 30.6 Å². The molecule has 1 saturated heterocycles. The Kier molecular flexibility index (Phi) is 3.04. The maximum Gasteiger partial charge on any atom is 0.124 e. The van der Waals surface area contributed by atoms with Crippen molar-refractivity contribution < 1.29 is 4.74 Å². The standard InChI is InChI=1S/C15H22N2O/c1-15(7-4-8-17(15)2)11-18-14-6-3-5-12-9-16-10-13(12)14/h3,5-6,16H,4,7-11H2,1-2H3. The lowest BCUT2D eigenvalue weighted by atomic mass is 10.0. The van der Waals surface area contributed by atoms with Gasteiger partial charge in [-0.3, -0.25) is 4.90 Å². The minimum Gasteiger partial charge on any atom is -0.491 e. The summed E-state index contributed by atoms with van der Waals surface area (Å²) in [4.78, 5) is 2.43. The highest BCUT2D eigenvalue weighted by Gasteiger charge is 2.34. The van der Waals surface area contributed by atoms with Crippen LogP contribution in [0.3, 0.4) is 0 Å². The Morgan fingerprint density at radius 3 is 3.06 bits per heavy atom. The monoisotopic (exact) mass is 246 g/mol. The summed E-state index contributed by atoms with van der Waals surface area (Å²) >= 11 is 0. The van der Waals surface area contributed by atoms with Crippen LogP contribution in [0.25, 0.3) is 0 Å². The van der Waals surface area contributed by atoms with Gasteiger partial charge in [0.15, 0.2) is 0 Å². The average Bonchev–Trinajstić information content (AvgIpc) is 2.95. The molecule has 98 valence electrons. The molecule has 18 heavy (non-hydrogen) atoms. The van der Waals surface area contributed by atoms with E-state index in [1.807, 2.05) is 0 Å². The normalized spacial score (nSPS) is 27.4. The second-order valence-corrected chi connectivity index (χ2v) is 5.81. The summed E-state index contributed by atoms with van der Waals surface area (Å²) in [6, 6.07) is 6.39. The quantitative estimate of drug-likeness (QED) is 0.884. The summed E-state index contributed by atoms with van der Waals surface area (Å²) in [6.45, 7) is 6.21. The largest absolute Gasteiger partial charge is 0.491 e. The van der Waals surface area contributed by atoms with E-state index < -0.39 is 0 Å². The van der Waals surface area contributed by atoms with Crippen LogP contribution >= 0.6 is 0 Å². The number of likely N-dealkylation sites (tertiary alicyclic amines) is 1. The van der Waals surface area contributed by atoms with Crippen LogP contribution in [0.2, 0.25) is 0 Å². The van der Waals surface area contributed by atoms with Crippen LogP contribution in [0, 0.1) is 0 Å². The fourth-order valence-electron chi connectivity index (χ4n) is 3.01. The highest BCUT2D eigenvalue weighted by molar-refractivity contribution is 5.42. The molecule has 1 aromatic rings. The van der Waals surface area contributed by atoms with Crippen molar-refractivity contribution in [3.63, 3.8) is 0 Å². The molecule has 0 amide bonds. The zero-order chi connectivity index (χ0) is 12.6. The third-order valence-electron chi connectivity index (χ3n) is 4.52. The maximum absolute atomic E-state index is 6.12. The van der Waals surface area contributed by atoms with Gasteiger partial charge in [-0.25, -0.2) is 0 Å². The van der Waals surface area contributed by atoms with Gasteiger partial charge in [-0.1, -0.05) is 12.1 Å². The molecule has 0 spiro atoms. The average molecular weight is 246 g/mol. The van der Waals surface area contributed by atoms with Crippen LogP contribution in [0.5, 0.6) is 5.75 Å². The molecule has 0 aliphatic carbocycles. The lowest BCUT2D eigenvalue weighted by Gasteiger charge is -2.32. The Labute approximate surface area is 109 Å². The van der Waals surface area contributed by atoms with Crippen molar-refractivity contribution in [1.82, 2.24) is 10.2 Å². The lowest BCUT2D eigenvalue weighted by molar-refractivity contribution is 0.113. The van der Waals surface area contributed by atoms with Crippen LogP contribution < -0.4 is 10.1 Å². The highest BCUT2D eigenvalue weighted by atomic mass is 16.5. The molecule has 1 atom stereocenters. The van der Waals surface area contributed by atoms with E-state index in [4.69, 9.17) is 4.74 Å². The first-order chi connectivity index (χ1) is 8.69. The molecule has 2 aliphatic rings. The Morgan fingerprint density at radius 1 is 1.39 bits per heavy atom. The number of nitrogens with zero attached hydrogens (tertiary/aromatic N) is 1. The zero-order valence-electron chi connectivity index (χ0n) is 11.3. The number of likely N-dealkylation sites (N-methyl/N-ethyl adjacent to an activating group) is 1. The van der Waals surface area contributed by atoms with E-state index >= 15 is 0 Å². The molecule has 2 heterocycles. The number of ether oxygens (including phenoxy) is 1. The second-order valence-electron chi connectivity index (χ2n) is 5.81. The smallest absolute Gasteiger partial charge is 0.124 e. The van der Waals surface area contributed by atoms with Crippen LogP contribution in [-0.2, 0) is 13.1 Å². The van der Waals surface area contributed by atoms with Gasteiger partial charge in [0.05, 0.1) is 5.54 Å². The molecule has 3 rings (SSSR count). The second kappa shape index (κ2) is 4.56. The van der Waals surface area contributed by atoms with E-state index in [9.17, 15) is 0 Å². The van der Waals surface area contributed by atoms with E-state index in [1.165, 1.54) is 30.5 Å². The molecule has 3 nitrogen and oxygen atoms in total. The fraction of sp³-hybridized carbons (Fsp3) is 0.600. The first kappa shape index (κ1) is 12.0. The van der Waals surface area contributed by atoms with Gasteiger partial charge in [0.1, 0.15) is 12.4 Å². The van der Waals surface area contributed by atoms with Gasteiger partial charge in [-0.05, 0) is 45.0 Å². The Balaban J connectivity index is 1.72. The van der Waals surface area contributed by atoms with E-state index in [2.05, 4.69) is 42.4 Å². The van der Waals surface area contributed by atoms with Gasteiger partial charge in [0.25, 0.3) is 0 Å². The Hall–Kier alpha value is -1.06. The Morgan fingerprint density at radius 2 is 2.28 bits per heavy atom. The molecule has 0 aromatic heterocycles. The molecule has 1 aromatic carbocycles. The van der Waals surface area contributed by atoms with Crippen molar-refractivity contribution >= 4 is 0 Å². The number of hydrogen-bond acceptors (Lipinski definition) is 3. The third kappa shape index (κ3) is 2.02. The summed E-state index contributed by atoms with van der Waals surface area (Å²) in [7, 11) is 2.20. The van der Waals surface area contributed by atoms with Crippen molar-refractivity contribution in [2.45, 2.75) is 38.4 Å². The molecule has 2 aliphatic heterocycles. The van der Waals surface area contributed by atoms with E-state index in [1.54, 1.807) is 0 Å². The predicted molar refractivity (Wildman–Crippen MR) is 72.7 cm³/mol. The fourth-order valence-corrected chi connectivity index (χ4v) is 3.01. The maximum atomic E-state index is 6.12. The number of fused-ring (bicyclic) bond motifs is 1.